The van der Waals surface area contributed by atoms with Crippen LogP contribution in [0.2, 0.25) is 0 Å². The summed E-state index contributed by atoms with van der Waals surface area (Å²) in [5.74, 6) is -0.759. The van der Waals surface area contributed by atoms with Crippen LogP contribution in [-0.4, -0.2) is 21.2 Å². The summed E-state index contributed by atoms with van der Waals surface area (Å²) in [6.07, 6.45) is 5.76. The number of pyridine rings is 1. The van der Waals surface area contributed by atoms with Gasteiger partial charge in [-0.05, 0) is 62.8 Å². The lowest BCUT2D eigenvalue weighted by Gasteiger charge is -2.11. The molecule has 0 fully saturated rings. The molecule has 1 aliphatic carbocycles. The molecular weight excluding hydrogens is 348 g/mol. The minimum Gasteiger partial charge on any atom is -0.365 e. The number of rotatable bonds is 3. The molecule has 0 bridgehead atoms. The highest BCUT2D eigenvalue weighted by Crippen LogP contribution is 2.38. The molecule has 0 unspecified atom stereocenters. The molecule has 0 saturated heterocycles. The molecule has 3 aromatic heterocycles. The van der Waals surface area contributed by atoms with Crippen LogP contribution >= 0.6 is 11.3 Å². The molecule has 2 amide bonds. The van der Waals surface area contributed by atoms with E-state index in [1.807, 2.05) is 32.2 Å². The molecule has 0 aliphatic heterocycles. The smallest absolute Gasteiger partial charge is 0.275 e. The van der Waals surface area contributed by atoms with Crippen LogP contribution in [0.3, 0.4) is 0 Å². The third kappa shape index (κ3) is 2.68. The number of hydrogen-bond acceptors (Lipinski definition) is 4. The van der Waals surface area contributed by atoms with Gasteiger partial charge in [0.05, 0.1) is 11.3 Å². The lowest BCUT2D eigenvalue weighted by molar-refractivity contribution is 0.100. The number of nitrogens with zero attached hydrogens (tertiary/aromatic N) is 2. The van der Waals surface area contributed by atoms with Gasteiger partial charge >= 0.3 is 0 Å². The van der Waals surface area contributed by atoms with Crippen molar-refractivity contribution in [2.45, 2.75) is 39.5 Å². The zero-order valence-electron chi connectivity index (χ0n) is 14.8. The first-order chi connectivity index (χ1) is 12.5. The van der Waals surface area contributed by atoms with Gasteiger partial charge in [0.2, 0.25) is 0 Å². The lowest BCUT2D eigenvalue weighted by Crippen LogP contribution is -2.20. The van der Waals surface area contributed by atoms with Crippen LogP contribution in [0.1, 0.15) is 55.4 Å². The van der Waals surface area contributed by atoms with E-state index < -0.39 is 5.91 Å². The summed E-state index contributed by atoms with van der Waals surface area (Å²) in [5, 5.41) is 3.47. The number of nitrogens with two attached hydrogens (primary N) is 1. The van der Waals surface area contributed by atoms with Crippen LogP contribution in [0.4, 0.5) is 5.00 Å². The van der Waals surface area contributed by atoms with Crippen LogP contribution in [-0.2, 0) is 12.8 Å². The van der Waals surface area contributed by atoms with Gasteiger partial charge in [-0.15, -0.1) is 11.3 Å². The molecule has 0 aromatic carbocycles. The molecular formula is C19H20N4O2S. The Kier molecular flexibility index (Phi) is 4.03. The van der Waals surface area contributed by atoms with Crippen molar-refractivity contribution in [1.82, 2.24) is 9.38 Å². The van der Waals surface area contributed by atoms with Crippen LogP contribution in [0.15, 0.2) is 18.3 Å². The Labute approximate surface area is 155 Å². The molecule has 134 valence electrons. The quantitative estimate of drug-likeness (QED) is 0.744. The van der Waals surface area contributed by atoms with Crippen LogP contribution < -0.4 is 11.1 Å². The molecule has 7 heteroatoms. The number of aryl methyl sites for hydroxylation is 3. The van der Waals surface area contributed by atoms with Gasteiger partial charge in [-0.1, -0.05) is 0 Å². The minimum atomic E-state index is -0.481. The highest BCUT2D eigenvalue weighted by molar-refractivity contribution is 7.17. The normalized spacial score (nSPS) is 13.6. The van der Waals surface area contributed by atoms with E-state index in [-0.39, 0.29) is 5.91 Å². The van der Waals surface area contributed by atoms with Crippen molar-refractivity contribution in [2.75, 3.05) is 5.32 Å². The topological polar surface area (TPSA) is 89.5 Å². The first kappa shape index (κ1) is 16.8. The molecule has 3 N–H and O–H groups in total. The highest BCUT2D eigenvalue weighted by atomic mass is 32.1. The number of aromatic nitrogens is 2. The maximum absolute atomic E-state index is 13.0. The molecule has 6 nitrogen and oxygen atoms in total. The lowest BCUT2D eigenvalue weighted by atomic mass is 9.95. The number of hydrogen-bond donors (Lipinski definition) is 2. The van der Waals surface area contributed by atoms with E-state index in [0.29, 0.717) is 22.0 Å². The Bertz CT molecular complexity index is 1050. The van der Waals surface area contributed by atoms with E-state index >= 15 is 0 Å². The summed E-state index contributed by atoms with van der Waals surface area (Å²) < 4.78 is 1.77. The second-order valence-electron chi connectivity index (χ2n) is 6.71. The van der Waals surface area contributed by atoms with E-state index in [2.05, 4.69) is 10.3 Å². The number of fused-ring (bicyclic) bond motifs is 2. The fraction of sp³-hybridized carbons (Fsp3) is 0.316. The molecule has 3 heterocycles. The van der Waals surface area contributed by atoms with E-state index in [1.54, 1.807) is 4.40 Å². The first-order valence-electron chi connectivity index (χ1n) is 8.66. The maximum atomic E-state index is 13.0. The van der Waals surface area contributed by atoms with Crippen molar-refractivity contribution >= 4 is 33.8 Å². The Balaban J connectivity index is 1.75. The van der Waals surface area contributed by atoms with Gasteiger partial charge in [0, 0.05) is 11.1 Å². The summed E-state index contributed by atoms with van der Waals surface area (Å²) >= 11 is 1.47. The summed E-state index contributed by atoms with van der Waals surface area (Å²) in [6, 6.07) is 3.87. The second-order valence-corrected chi connectivity index (χ2v) is 7.82. The second kappa shape index (κ2) is 6.25. The van der Waals surface area contributed by atoms with E-state index in [4.69, 9.17) is 5.73 Å². The third-order valence-electron chi connectivity index (χ3n) is 4.82. The molecule has 26 heavy (non-hydrogen) atoms. The number of carbonyl (C=O) groups is 2. The van der Waals surface area contributed by atoms with Gasteiger partial charge in [-0.2, -0.15) is 0 Å². The summed E-state index contributed by atoms with van der Waals surface area (Å²) in [7, 11) is 0. The van der Waals surface area contributed by atoms with Crippen molar-refractivity contribution < 1.29 is 9.59 Å². The Morgan fingerprint density at radius 3 is 2.81 bits per heavy atom. The zero-order valence-corrected chi connectivity index (χ0v) is 15.6. The number of nitrogens with one attached hydrogen (secondary N) is 1. The molecule has 4 rings (SSSR count). The standard InChI is InChI=1S/C19H20N4O2S/c1-10-7-8-23-14(9-10)21-11(2)16(23)18(25)22-19-15(17(20)24)12-5-3-4-6-13(12)26-19/h7-9H,3-6H2,1-2H3,(H2,20,24)(H,22,25). The Hall–Kier alpha value is -2.67. The fourth-order valence-corrected chi connectivity index (χ4v) is 4.90. The highest BCUT2D eigenvalue weighted by Gasteiger charge is 2.26. The average Bonchev–Trinajstić information content (AvgIpc) is 3.10. The molecule has 0 spiro atoms. The van der Waals surface area contributed by atoms with Crippen LogP contribution in [0, 0.1) is 13.8 Å². The molecule has 0 saturated carbocycles. The van der Waals surface area contributed by atoms with Crippen molar-refractivity contribution in [2.24, 2.45) is 5.73 Å². The van der Waals surface area contributed by atoms with E-state index in [1.165, 1.54) is 11.3 Å². The predicted octanol–water partition coefficient (Wildman–Crippen LogP) is 3.24. The first-order valence-corrected chi connectivity index (χ1v) is 9.48. The van der Waals surface area contributed by atoms with Gasteiger partial charge in [0.15, 0.2) is 0 Å². The van der Waals surface area contributed by atoms with Crippen molar-refractivity contribution in [3.63, 3.8) is 0 Å². The predicted molar refractivity (Wildman–Crippen MR) is 102 cm³/mol. The van der Waals surface area contributed by atoms with Gasteiger partial charge in [0.1, 0.15) is 16.3 Å². The Morgan fingerprint density at radius 1 is 1.27 bits per heavy atom. The van der Waals surface area contributed by atoms with Gasteiger partial charge in [0.25, 0.3) is 11.8 Å². The minimum absolute atomic E-state index is 0.278. The number of amides is 2. The SMILES string of the molecule is Cc1ccn2c(C(=O)Nc3sc4c(c3C(N)=O)CCCC4)c(C)nc2c1. The summed E-state index contributed by atoms with van der Waals surface area (Å²) in [5.41, 5.74) is 10.0. The number of imidazole rings is 1. The van der Waals surface area contributed by atoms with E-state index in [0.717, 1.165) is 47.3 Å². The molecule has 0 radical (unpaired) electrons. The number of anilines is 1. The Morgan fingerprint density at radius 2 is 2.04 bits per heavy atom. The summed E-state index contributed by atoms with van der Waals surface area (Å²) in [4.78, 5) is 30.6. The fourth-order valence-electron chi connectivity index (χ4n) is 3.61. The summed E-state index contributed by atoms with van der Waals surface area (Å²) in [6.45, 7) is 3.80. The van der Waals surface area contributed by atoms with Gasteiger partial charge < -0.3 is 11.1 Å². The molecule has 3 aromatic rings. The van der Waals surface area contributed by atoms with Crippen molar-refractivity contribution in [3.8, 4) is 0 Å². The number of thiophene rings is 1. The van der Waals surface area contributed by atoms with Gasteiger partial charge in [-0.25, -0.2) is 4.98 Å². The largest absolute Gasteiger partial charge is 0.365 e. The maximum Gasteiger partial charge on any atom is 0.275 e. The van der Waals surface area contributed by atoms with Gasteiger partial charge in [-0.3, -0.25) is 14.0 Å². The molecule has 1 aliphatic rings. The number of carbonyl (C=O) groups excluding carboxylic acids is 2. The van der Waals surface area contributed by atoms with Crippen LogP contribution in [0.5, 0.6) is 0 Å². The third-order valence-corrected chi connectivity index (χ3v) is 6.02. The average molecular weight is 368 g/mol. The van der Waals surface area contributed by atoms with Crippen molar-refractivity contribution in [1.29, 1.82) is 0 Å². The number of primary amides is 1. The van der Waals surface area contributed by atoms with Crippen molar-refractivity contribution in [3.05, 3.63) is 51.3 Å². The van der Waals surface area contributed by atoms with E-state index in [9.17, 15) is 9.59 Å². The zero-order chi connectivity index (χ0) is 18.4. The molecule has 0 atom stereocenters. The monoisotopic (exact) mass is 368 g/mol. The van der Waals surface area contributed by atoms with Crippen LogP contribution in [0.25, 0.3) is 5.65 Å².